The SMILES string of the molecule is COc1cc(OC)cc(C(NC(=O)c2cc(Cl)c3c(c2)OCO3)c2nccn2C)c1. The Kier molecular flexibility index (Phi) is 5.41. The summed E-state index contributed by atoms with van der Waals surface area (Å²) in [5.41, 5.74) is 1.10. The van der Waals surface area contributed by atoms with Crippen LogP contribution in [-0.4, -0.2) is 36.5 Å². The number of carbonyl (C=O) groups excluding carboxylic acids is 1. The van der Waals surface area contributed by atoms with Gasteiger partial charge in [-0.2, -0.15) is 0 Å². The quantitative estimate of drug-likeness (QED) is 0.647. The van der Waals surface area contributed by atoms with Gasteiger partial charge in [0.25, 0.3) is 5.91 Å². The van der Waals surface area contributed by atoms with Gasteiger partial charge in [-0.05, 0) is 29.8 Å². The van der Waals surface area contributed by atoms with Gasteiger partial charge in [0.15, 0.2) is 11.5 Å². The van der Waals surface area contributed by atoms with E-state index in [0.29, 0.717) is 39.4 Å². The molecule has 0 spiro atoms. The van der Waals surface area contributed by atoms with Crippen molar-refractivity contribution in [2.45, 2.75) is 6.04 Å². The number of methoxy groups -OCH3 is 2. The van der Waals surface area contributed by atoms with Crippen LogP contribution in [-0.2, 0) is 7.05 Å². The lowest BCUT2D eigenvalue weighted by Gasteiger charge is -2.21. The molecule has 9 heteroatoms. The van der Waals surface area contributed by atoms with Crippen molar-refractivity contribution in [2.75, 3.05) is 21.0 Å². The second-order valence-corrected chi connectivity index (χ2v) is 7.05. The molecule has 0 radical (unpaired) electrons. The molecule has 0 saturated carbocycles. The van der Waals surface area contributed by atoms with Crippen molar-refractivity contribution in [1.82, 2.24) is 14.9 Å². The first-order valence-corrected chi connectivity index (χ1v) is 9.48. The van der Waals surface area contributed by atoms with Gasteiger partial charge in [0.2, 0.25) is 6.79 Å². The zero-order chi connectivity index (χ0) is 21.3. The van der Waals surface area contributed by atoms with Crippen LogP contribution in [0.3, 0.4) is 0 Å². The van der Waals surface area contributed by atoms with Crippen molar-refractivity contribution in [3.63, 3.8) is 0 Å². The van der Waals surface area contributed by atoms with Gasteiger partial charge < -0.3 is 28.8 Å². The summed E-state index contributed by atoms with van der Waals surface area (Å²) in [6.45, 7) is 0.0691. The molecule has 0 aliphatic carbocycles. The van der Waals surface area contributed by atoms with Crippen LogP contribution < -0.4 is 24.3 Å². The maximum absolute atomic E-state index is 13.1. The van der Waals surface area contributed by atoms with Crippen molar-refractivity contribution in [1.29, 1.82) is 0 Å². The molecule has 156 valence electrons. The second kappa shape index (κ2) is 8.16. The Labute approximate surface area is 178 Å². The molecule has 2 heterocycles. The molecule has 0 saturated heterocycles. The number of nitrogens with one attached hydrogen (secondary N) is 1. The summed E-state index contributed by atoms with van der Waals surface area (Å²) in [7, 11) is 5.00. The van der Waals surface area contributed by atoms with Crippen LogP contribution in [0.2, 0.25) is 5.02 Å². The number of hydrogen-bond donors (Lipinski definition) is 1. The number of nitrogens with zero attached hydrogens (tertiary/aromatic N) is 2. The number of hydrogen-bond acceptors (Lipinski definition) is 6. The zero-order valence-electron chi connectivity index (χ0n) is 16.6. The molecule has 1 atom stereocenters. The predicted molar refractivity (Wildman–Crippen MR) is 110 cm³/mol. The Hall–Kier alpha value is -3.39. The van der Waals surface area contributed by atoms with Gasteiger partial charge in [0, 0.05) is 31.1 Å². The fraction of sp³-hybridized carbons (Fsp3) is 0.238. The molecule has 2 aromatic carbocycles. The van der Waals surface area contributed by atoms with E-state index >= 15 is 0 Å². The summed E-state index contributed by atoms with van der Waals surface area (Å²) in [4.78, 5) is 17.6. The van der Waals surface area contributed by atoms with Gasteiger partial charge in [-0.1, -0.05) is 11.6 Å². The van der Waals surface area contributed by atoms with Crippen LogP contribution >= 0.6 is 11.6 Å². The number of halogens is 1. The van der Waals surface area contributed by atoms with E-state index in [9.17, 15) is 4.79 Å². The third kappa shape index (κ3) is 3.73. The topological polar surface area (TPSA) is 83.8 Å². The van der Waals surface area contributed by atoms with E-state index in [-0.39, 0.29) is 12.7 Å². The maximum Gasteiger partial charge on any atom is 0.252 e. The number of benzene rings is 2. The fourth-order valence-electron chi connectivity index (χ4n) is 3.26. The molecular weight excluding hydrogens is 410 g/mol. The molecular formula is C21H20ClN3O5. The highest BCUT2D eigenvalue weighted by molar-refractivity contribution is 6.32. The van der Waals surface area contributed by atoms with Crippen LogP contribution in [0.5, 0.6) is 23.0 Å². The van der Waals surface area contributed by atoms with Gasteiger partial charge in [0.05, 0.1) is 19.2 Å². The van der Waals surface area contributed by atoms with Gasteiger partial charge in [-0.25, -0.2) is 4.98 Å². The van der Waals surface area contributed by atoms with Gasteiger partial charge in [-0.3, -0.25) is 4.79 Å². The number of aromatic nitrogens is 2. The first-order chi connectivity index (χ1) is 14.5. The van der Waals surface area contributed by atoms with Crippen LogP contribution in [0.4, 0.5) is 0 Å². The Morgan fingerprint density at radius 1 is 1.17 bits per heavy atom. The van der Waals surface area contributed by atoms with E-state index in [2.05, 4.69) is 10.3 Å². The van der Waals surface area contributed by atoms with E-state index in [1.54, 1.807) is 38.6 Å². The summed E-state index contributed by atoms with van der Waals surface area (Å²) in [5.74, 6) is 2.37. The van der Waals surface area contributed by atoms with Crippen molar-refractivity contribution >= 4 is 17.5 Å². The average Bonchev–Trinajstić information content (AvgIpc) is 3.40. The third-order valence-corrected chi connectivity index (χ3v) is 5.07. The van der Waals surface area contributed by atoms with Crippen LogP contribution in [0, 0.1) is 0 Å². The monoisotopic (exact) mass is 429 g/mol. The number of rotatable bonds is 6. The number of ether oxygens (including phenoxy) is 4. The van der Waals surface area contributed by atoms with Crippen molar-refractivity contribution in [3.05, 3.63) is 64.7 Å². The third-order valence-electron chi connectivity index (χ3n) is 4.79. The lowest BCUT2D eigenvalue weighted by atomic mass is 10.0. The van der Waals surface area contributed by atoms with E-state index in [4.69, 9.17) is 30.5 Å². The number of imidazole rings is 1. The number of carbonyl (C=O) groups is 1. The van der Waals surface area contributed by atoms with Crippen LogP contribution in [0.1, 0.15) is 27.8 Å². The highest BCUT2D eigenvalue weighted by Crippen LogP contribution is 2.40. The fourth-order valence-corrected chi connectivity index (χ4v) is 3.53. The Balaban J connectivity index is 1.72. The Morgan fingerprint density at radius 2 is 1.90 bits per heavy atom. The van der Waals surface area contributed by atoms with Crippen molar-refractivity contribution in [3.8, 4) is 23.0 Å². The molecule has 4 rings (SSSR count). The highest BCUT2D eigenvalue weighted by atomic mass is 35.5. The van der Waals surface area contributed by atoms with Crippen molar-refractivity contribution < 1.29 is 23.7 Å². The van der Waals surface area contributed by atoms with E-state index in [0.717, 1.165) is 5.56 Å². The highest BCUT2D eigenvalue weighted by Gasteiger charge is 2.25. The largest absolute Gasteiger partial charge is 0.497 e. The number of amides is 1. The van der Waals surface area contributed by atoms with Crippen LogP contribution in [0.25, 0.3) is 0 Å². The summed E-state index contributed by atoms with van der Waals surface area (Å²) < 4.78 is 23.3. The first kappa shape index (κ1) is 19.9. The number of aryl methyl sites for hydroxylation is 1. The normalized spacial score (nSPS) is 13.1. The molecule has 30 heavy (non-hydrogen) atoms. The molecule has 1 amide bonds. The predicted octanol–water partition coefficient (Wildman–Crippen LogP) is 3.34. The zero-order valence-corrected chi connectivity index (χ0v) is 17.4. The standard InChI is InChI=1S/C21H20ClN3O5/c1-25-5-4-23-20(25)18(12-6-14(27-2)10-15(7-12)28-3)24-21(26)13-8-16(22)19-17(9-13)29-11-30-19/h4-10,18H,11H2,1-3H3,(H,24,26). The second-order valence-electron chi connectivity index (χ2n) is 6.64. The maximum atomic E-state index is 13.1. The Morgan fingerprint density at radius 3 is 2.53 bits per heavy atom. The minimum Gasteiger partial charge on any atom is -0.497 e. The smallest absolute Gasteiger partial charge is 0.252 e. The lowest BCUT2D eigenvalue weighted by Crippen LogP contribution is -2.31. The first-order valence-electron chi connectivity index (χ1n) is 9.10. The molecule has 1 aliphatic heterocycles. The summed E-state index contributed by atoms with van der Waals surface area (Å²) in [5, 5.41) is 3.34. The number of fused-ring (bicyclic) bond motifs is 1. The molecule has 3 aromatic rings. The molecule has 1 N–H and O–H groups in total. The van der Waals surface area contributed by atoms with E-state index < -0.39 is 6.04 Å². The van der Waals surface area contributed by atoms with Gasteiger partial charge >= 0.3 is 0 Å². The Bertz CT molecular complexity index is 1080. The minimum atomic E-state index is -0.564. The molecule has 8 nitrogen and oxygen atoms in total. The van der Waals surface area contributed by atoms with E-state index in [1.807, 2.05) is 29.9 Å². The average molecular weight is 430 g/mol. The summed E-state index contributed by atoms with van der Waals surface area (Å²) in [6.07, 6.45) is 3.48. The van der Waals surface area contributed by atoms with Crippen molar-refractivity contribution in [2.24, 2.45) is 7.05 Å². The lowest BCUT2D eigenvalue weighted by molar-refractivity contribution is 0.0940. The minimum absolute atomic E-state index is 0.0691. The molecule has 1 aliphatic rings. The van der Waals surface area contributed by atoms with E-state index in [1.165, 1.54) is 0 Å². The molecule has 1 aromatic heterocycles. The van der Waals surface area contributed by atoms with Gasteiger partial charge in [0.1, 0.15) is 23.4 Å². The molecule has 1 unspecified atom stereocenters. The van der Waals surface area contributed by atoms with Crippen LogP contribution in [0.15, 0.2) is 42.7 Å². The molecule has 0 bridgehead atoms. The molecule has 0 fully saturated rings. The van der Waals surface area contributed by atoms with Gasteiger partial charge in [-0.15, -0.1) is 0 Å². The summed E-state index contributed by atoms with van der Waals surface area (Å²) in [6, 6.07) is 8.00. The summed E-state index contributed by atoms with van der Waals surface area (Å²) >= 11 is 6.24.